The predicted octanol–water partition coefficient (Wildman–Crippen LogP) is 5.38. The second kappa shape index (κ2) is 11.1. The maximum absolute atomic E-state index is 12.5. The SMILES string of the molecule is CCCCO[C@H]1CC[C@H](OC(=O)c2ccc(-c3ncc(CCC)cn3)cc2)CC1. The highest BCUT2D eigenvalue weighted by Crippen LogP contribution is 2.25. The van der Waals surface area contributed by atoms with Gasteiger partial charge in [0.1, 0.15) is 6.10 Å². The molecule has 0 spiro atoms. The van der Waals surface area contributed by atoms with Gasteiger partial charge in [0.2, 0.25) is 0 Å². The molecule has 1 fully saturated rings. The van der Waals surface area contributed by atoms with Crippen LogP contribution >= 0.6 is 0 Å². The summed E-state index contributed by atoms with van der Waals surface area (Å²) in [5, 5.41) is 0. The van der Waals surface area contributed by atoms with Gasteiger partial charge in [-0.15, -0.1) is 0 Å². The first kappa shape index (κ1) is 21.4. The van der Waals surface area contributed by atoms with Gasteiger partial charge >= 0.3 is 5.97 Å². The Hall–Kier alpha value is -2.27. The fraction of sp³-hybridized carbons (Fsp3) is 0.542. The summed E-state index contributed by atoms with van der Waals surface area (Å²) in [7, 11) is 0. The van der Waals surface area contributed by atoms with Crippen molar-refractivity contribution in [3.63, 3.8) is 0 Å². The molecule has 29 heavy (non-hydrogen) atoms. The van der Waals surface area contributed by atoms with Gasteiger partial charge in [-0.1, -0.05) is 38.8 Å². The van der Waals surface area contributed by atoms with Gasteiger partial charge in [0.25, 0.3) is 0 Å². The van der Waals surface area contributed by atoms with E-state index in [0.29, 0.717) is 17.5 Å². The van der Waals surface area contributed by atoms with Crippen LogP contribution in [-0.2, 0) is 15.9 Å². The van der Waals surface area contributed by atoms with E-state index in [1.54, 1.807) is 12.1 Å². The zero-order valence-electron chi connectivity index (χ0n) is 17.6. The highest BCUT2D eigenvalue weighted by atomic mass is 16.5. The van der Waals surface area contributed by atoms with E-state index in [1.807, 2.05) is 24.5 Å². The summed E-state index contributed by atoms with van der Waals surface area (Å²) in [4.78, 5) is 21.3. The Morgan fingerprint density at radius 2 is 1.62 bits per heavy atom. The van der Waals surface area contributed by atoms with Crippen LogP contribution in [0.5, 0.6) is 0 Å². The van der Waals surface area contributed by atoms with Gasteiger partial charge in [-0.2, -0.15) is 0 Å². The van der Waals surface area contributed by atoms with Crippen molar-refractivity contribution in [3.05, 3.63) is 47.8 Å². The molecule has 5 heteroatoms. The van der Waals surface area contributed by atoms with Crippen LogP contribution in [0, 0.1) is 0 Å². The van der Waals surface area contributed by atoms with Crippen LogP contribution in [0.15, 0.2) is 36.7 Å². The Labute approximate surface area is 173 Å². The smallest absolute Gasteiger partial charge is 0.338 e. The molecule has 0 saturated heterocycles. The van der Waals surface area contributed by atoms with Gasteiger partial charge in [-0.25, -0.2) is 14.8 Å². The number of ether oxygens (including phenoxy) is 2. The standard InChI is InChI=1S/C24H32N2O3/c1-3-5-15-28-21-11-13-22(14-12-21)29-24(27)20-9-7-19(8-10-20)23-25-16-18(6-4-2)17-26-23/h7-10,16-17,21-22H,3-6,11-15H2,1-2H3/t21-,22-. The number of aromatic nitrogens is 2. The molecule has 1 aromatic carbocycles. The van der Waals surface area contributed by atoms with Crippen LogP contribution in [0.4, 0.5) is 0 Å². The fourth-order valence-electron chi connectivity index (χ4n) is 3.61. The maximum Gasteiger partial charge on any atom is 0.338 e. The molecular formula is C24H32N2O3. The number of hydrogen-bond donors (Lipinski definition) is 0. The molecule has 0 unspecified atom stereocenters. The Balaban J connectivity index is 1.49. The first-order valence-electron chi connectivity index (χ1n) is 10.9. The van der Waals surface area contributed by atoms with Crippen molar-refractivity contribution in [2.45, 2.75) is 77.4 Å². The highest BCUT2D eigenvalue weighted by Gasteiger charge is 2.24. The molecule has 1 aromatic heterocycles. The molecule has 1 saturated carbocycles. The van der Waals surface area contributed by atoms with Crippen molar-refractivity contribution < 1.29 is 14.3 Å². The van der Waals surface area contributed by atoms with E-state index in [9.17, 15) is 4.79 Å². The number of benzene rings is 1. The Bertz CT molecular complexity index is 751. The van der Waals surface area contributed by atoms with Gasteiger partial charge in [-0.3, -0.25) is 0 Å². The molecule has 1 aliphatic carbocycles. The van der Waals surface area contributed by atoms with E-state index < -0.39 is 0 Å². The van der Waals surface area contributed by atoms with Crippen LogP contribution in [0.25, 0.3) is 11.4 Å². The van der Waals surface area contributed by atoms with Gasteiger partial charge < -0.3 is 9.47 Å². The van der Waals surface area contributed by atoms with Crippen molar-refractivity contribution in [2.24, 2.45) is 0 Å². The molecule has 0 bridgehead atoms. The van der Waals surface area contributed by atoms with Crippen molar-refractivity contribution in [1.82, 2.24) is 9.97 Å². The molecule has 0 N–H and O–H groups in total. The number of carbonyl (C=O) groups is 1. The molecule has 1 heterocycles. The second-order valence-corrected chi connectivity index (χ2v) is 7.77. The third-order valence-electron chi connectivity index (χ3n) is 5.37. The lowest BCUT2D eigenvalue weighted by Gasteiger charge is -2.28. The Morgan fingerprint density at radius 1 is 0.966 bits per heavy atom. The van der Waals surface area contributed by atoms with Crippen LogP contribution in [0.3, 0.4) is 0 Å². The van der Waals surface area contributed by atoms with Crippen molar-refractivity contribution in [1.29, 1.82) is 0 Å². The Kier molecular flexibility index (Phi) is 8.17. The van der Waals surface area contributed by atoms with E-state index in [0.717, 1.165) is 69.1 Å². The lowest BCUT2D eigenvalue weighted by atomic mass is 9.95. The minimum absolute atomic E-state index is 0.0114. The first-order valence-corrected chi connectivity index (χ1v) is 10.9. The minimum Gasteiger partial charge on any atom is -0.459 e. The van der Waals surface area contributed by atoms with Crippen molar-refractivity contribution >= 4 is 5.97 Å². The van der Waals surface area contributed by atoms with Crippen molar-refractivity contribution in [2.75, 3.05) is 6.61 Å². The Morgan fingerprint density at radius 3 is 2.24 bits per heavy atom. The number of nitrogens with zero attached hydrogens (tertiary/aromatic N) is 2. The van der Waals surface area contributed by atoms with Crippen molar-refractivity contribution in [3.8, 4) is 11.4 Å². The van der Waals surface area contributed by atoms with Gasteiger partial charge in [0, 0.05) is 24.6 Å². The summed E-state index contributed by atoms with van der Waals surface area (Å²) >= 11 is 0. The molecule has 0 aliphatic heterocycles. The summed E-state index contributed by atoms with van der Waals surface area (Å²) in [6.45, 7) is 5.14. The highest BCUT2D eigenvalue weighted by molar-refractivity contribution is 5.90. The van der Waals surface area contributed by atoms with Crippen LogP contribution < -0.4 is 0 Å². The molecule has 156 valence electrons. The van der Waals surface area contributed by atoms with Gasteiger partial charge in [0.15, 0.2) is 5.82 Å². The molecule has 5 nitrogen and oxygen atoms in total. The van der Waals surface area contributed by atoms with Crippen LogP contribution in [0.2, 0.25) is 0 Å². The number of hydrogen-bond acceptors (Lipinski definition) is 5. The monoisotopic (exact) mass is 396 g/mol. The lowest BCUT2D eigenvalue weighted by Crippen LogP contribution is -2.28. The summed E-state index contributed by atoms with van der Waals surface area (Å²) < 4.78 is 11.6. The fourth-order valence-corrected chi connectivity index (χ4v) is 3.61. The average Bonchev–Trinajstić information content (AvgIpc) is 2.76. The number of aryl methyl sites for hydroxylation is 1. The lowest BCUT2D eigenvalue weighted by molar-refractivity contribution is -0.0201. The normalized spacial score (nSPS) is 19.1. The summed E-state index contributed by atoms with van der Waals surface area (Å²) in [6.07, 6.45) is 12.1. The molecule has 3 rings (SSSR count). The average molecular weight is 397 g/mol. The van der Waals surface area contributed by atoms with E-state index in [1.165, 1.54) is 0 Å². The zero-order chi connectivity index (χ0) is 20.5. The zero-order valence-corrected chi connectivity index (χ0v) is 17.6. The molecule has 0 atom stereocenters. The number of unbranched alkanes of at least 4 members (excludes halogenated alkanes) is 1. The van der Waals surface area contributed by atoms with E-state index in [-0.39, 0.29) is 12.1 Å². The van der Waals surface area contributed by atoms with Crippen LogP contribution in [0.1, 0.15) is 74.7 Å². The molecule has 2 aromatic rings. The van der Waals surface area contributed by atoms with Gasteiger partial charge in [0.05, 0.1) is 11.7 Å². The third kappa shape index (κ3) is 6.36. The molecule has 0 amide bonds. The quantitative estimate of drug-likeness (QED) is 0.421. The molecular weight excluding hydrogens is 364 g/mol. The number of rotatable bonds is 9. The topological polar surface area (TPSA) is 61.3 Å². The summed E-state index contributed by atoms with van der Waals surface area (Å²) in [6, 6.07) is 7.34. The van der Waals surface area contributed by atoms with E-state index >= 15 is 0 Å². The predicted molar refractivity (Wildman–Crippen MR) is 114 cm³/mol. The third-order valence-corrected chi connectivity index (χ3v) is 5.37. The summed E-state index contributed by atoms with van der Waals surface area (Å²) in [5.74, 6) is 0.414. The molecule has 1 aliphatic rings. The second-order valence-electron chi connectivity index (χ2n) is 7.77. The maximum atomic E-state index is 12.5. The van der Waals surface area contributed by atoms with Gasteiger partial charge in [-0.05, 0) is 56.2 Å². The summed E-state index contributed by atoms with van der Waals surface area (Å²) in [5.41, 5.74) is 2.61. The number of carbonyl (C=O) groups excluding carboxylic acids is 1. The first-order chi connectivity index (χ1) is 14.2. The van der Waals surface area contributed by atoms with E-state index in [2.05, 4.69) is 23.8 Å². The van der Waals surface area contributed by atoms with E-state index in [4.69, 9.17) is 9.47 Å². The minimum atomic E-state index is -0.258. The van der Waals surface area contributed by atoms with Crippen LogP contribution in [-0.4, -0.2) is 34.8 Å². The number of esters is 1. The molecule has 0 radical (unpaired) electrons. The largest absolute Gasteiger partial charge is 0.459 e.